The first-order valence-corrected chi connectivity index (χ1v) is 6.02. The van der Waals surface area contributed by atoms with Crippen LogP contribution in [0.5, 0.6) is 0 Å². The largest absolute Gasteiger partial charge is 0.410 e. The van der Waals surface area contributed by atoms with Crippen LogP contribution in [0.25, 0.3) is 5.57 Å². The molecule has 1 aliphatic rings. The molecule has 1 aliphatic carbocycles. The number of nitriles is 1. The van der Waals surface area contributed by atoms with Gasteiger partial charge in [-0.05, 0) is 30.2 Å². The maximum Gasteiger partial charge on any atom is 0.121 e. The molecule has 19 heavy (non-hydrogen) atoms. The van der Waals surface area contributed by atoms with Gasteiger partial charge in [-0.1, -0.05) is 52.7 Å². The molecule has 3 nitrogen and oxygen atoms in total. The van der Waals surface area contributed by atoms with Crippen LogP contribution in [0.3, 0.4) is 0 Å². The molecule has 0 fully saturated rings. The topological polar surface area (TPSA) is 56.4 Å². The van der Waals surface area contributed by atoms with Gasteiger partial charge in [0.2, 0.25) is 0 Å². The molecule has 2 rings (SSSR count). The predicted octanol–water partition coefficient (Wildman–Crippen LogP) is 3.79. The third-order valence-corrected chi connectivity index (χ3v) is 3.10. The fraction of sp³-hybridized carbons (Fsp3) is 0.0667. The van der Waals surface area contributed by atoms with E-state index in [4.69, 9.17) is 16.8 Å². The summed E-state index contributed by atoms with van der Waals surface area (Å²) >= 11 is 5.97. The second kappa shape index (κ2) is 5.55. The molecular formula is C15H11ClN2O. The monoisotopic (exact) mass is 270 g/mol. The number of oxime groups is 1. The lowest BCUT2D eigenvalue weighted by molar-refractivity contribution is 0.320. The number of nitrogens with zero attached hydrogens (tertiary/aromatic N) is 2. The number of allylic oxidation sites excluding steroid dienone is 6. The molecule has 0 aromatic heterocycles. The van der Waals surface area contributed by atoms with Crippen molar-refractivity contribution >= 4 is 22.9 Å². The minimum Gasteiger partial charge on any atom is -0.410 e. The lowest BCUT2D eigenvalue weighted by atomic mass is 9.97. The predicted molar refractivity (Wildman–Crippen MR) is 76.0 cm³/mol. The molecule has 0 bridgehead atoms. The van der Waals surface area contributed by atoms with Crippen molar-refractivity contribution in [3.8, 4) is 6.07 Å². The first-order valence-electron chi connectivity index (χ1n) is 5.65. The van der Waals surface area contributed by atoms with Gasteiger partial charge in [-0.2, -0.15) is 5.26 Å². The summed E-state index contributed by atoms with van der Waals surface area (Å²) in [6.07, 6.45) is 4.90. The maximum absolute atomic E-state index is 9.32. The summed E-state index contributed by atoms with van der Waals surface area (Å²) in [7, 11) is 0. The van der Waals surface area contributed by atoms with Gasteiger partial charge >= 0.3 is 0 Å². The molecule has 1 aromatic carbocycles. The van der Waals surface area contributed by atoms with Crippen molar-refractivity contribution < 1.29 is 5.21 Å². The van der Waals surface area contributed by atoms with Crippen molar-refractivity contribution in [3.05, 3.63) is 64.2 Å². The van der Waals surface area contributed by atoms with Gasteiger partial charge in [0.25, 0.3) is 0 Å². The lowest BCUT2D eigenvalue weighted by Crippen LogP contribution is -2.00. The number of benzene rings is 1. The van der Waals surface area contributed by atoms with Crippen LogP contribution in [0, 0.1) is 18.3 Å². The third kappa shape index (κ3) is 2.75. The Morgan fingerprint density at radius 3 is 2.47 bits per heavy atom. The average Bonchev–Trinajstić information content (AvgIpc) is 2.42. The quantitative estimate of drug-likeness (QED) is 0.479. The van der Waals surface area contributed by atoms with E-state index >= 15 is 0 Å². The zero-order valence-corrected chi connectivity index (χ0v) is 11.0. The van der Waals surface area contributed by atoms with Crippen LogP contribution >= 0.6 is 11.6 Å². The Morgan fingerprint density at radius 1 is 1.26 bits per heavy atom. The van der Waals surface area contributed by atoms with E-state index < -0.39 is 0 Å². The van der Waals surface area contributed by atoms with E-state index in [1.165, 1.54) is 0 Å². The molecule has 0 amide bonds. The van der Waals surface area contributed by atoms with Crippen LogP contribution in [0.2, 0.25) is 0 Å². The fourth-order valence-electron chi connectivity index (χ4n) is 1.76. The molecule has 0 unspecified atom stereocenters. The van der Waals surface area contributed by atoms with Gasteiger partial charge in [0.05, 0.1) is 10.6 Å². The van der Waals surface area contributed by atoms with E-state index in [1.54, 1.807) is 18.2 Å². The number of halogens is 1. The Kier molecular flexibility index (Phi) is 3.84. The van der Waals surface area contributed by atoms with Crippen molar-refractivity contribution in [1.29, 1.82) is 5.26 Å². The fourth-order valence-corrected chi connectivity index (χ4v) is 1.98. The molecular weight excluding hydrogens is 260 g/mol. The number of hydrogen-bond acceptors (Lipinski definition) is 3. The minimum absolute atomic E-state index is 0.284. The van der Waals surface area contributed by atoms with Crippen LogP contribution in [-0.2, 0) is 0 Å². The summed E-state index contributed by atoms with van der Waals surface area (Å²) in [5.74, 6) is 0. The molecule has 94 valence electrons. The summed E-state index contributed by atoms with van der Waals surface area (Å²) in [4.78, 5) is 0. The standard InChI is InChI=1S/C15H11ClN2O/c1-10-2-4-11(5-3-10)13(9-17)12-6-7-15(18-19)14(16)8-12/h2-8,19H,1H3/b13-12+,18-15-. The van der Waals surface area contributed by atoms with Crippen molar-refractivity contribution in [3.63, 3.8) is 0 Å². The highest BCUT2D eigenvalue weighted by Crippen LogP contribution is 2.25. The van der Waals surface area contributed by atoms with Crippen molar-refractivity contribution in [2.24, 2.45) is 5.16 Å². The Balaban J connectivity index is 2.51. The highest BCUT2D eigenvalue weighted by Gasteiger charge is 2.12. The second-order valence-electron chi connectivity index (χ2n) is 4.12. The van der Waals surface area contributed by atoms with E-state index in [1.807, 2.05) is 31.2 Å². The van der Waals surface area contributed by atoms with Gasteiger partial charge in [-0.3, -0.25) is 0 Å². The van der Waals surface area contributed by atoms with Crippen LogP contribution in [-0.4, -0.2) is 10.9 Å². The molecule has 0 aliphatic heterocycles. The molecule has 0 saturated carbocycles. The summed E-state index contributed by atoms with van der Waals surface area (Å²) in [5, 5.41) is 21.4. The molecule has 1 aromatic rings. The smallest absolute Gasteiger partial charge is 0.121 e. The number of rotatable bonds is 1. The Labute approximate surface area is 116 Å². The Hall–Kier alpha value is -2.31. The average molecular weight is 271 g/mol. The minimum atomic E-state index is 0.284. The molecule has 4 heteroatoms. The highest BCUT2D eigenvalue weighted by molar-refractivity contribution is 6.46. The van der Waals surface area contributed by atoms with Gasteiger partial charge in [0.15, 0.2) is 0 Å². The third-order valence-electron chi connectivity index (χ3n) is 2.80. The number of hydrogen-bond donors (Lipinski definition) is 1. The van der Waals surface area contributed by atoms with Crippen LogP contribution in [0.4, 0.5) is 0 Å². The molecule has 0 spiro atoms. The molecule has 0 saturated heterocycles. The van der Waals surface area contributed by atoms with Gasteiger partial charge < -0.3 is 5.21 Å². The van der Waals surface area contributed by atoms with Crippen LogP contribution in [0.15, 0.2) is 58.3 Å². The molecule has 1 N–H and O–H groups in total. The summed E-state index contributed by atoms with van der Waals surface area (Å²) in [6.45, 7) is 1.99. The first-order chi connectivity index (χ1) is 9.15. The summed E-state index contributed by atoms with van der Waals surface area (Å²) in [5.41, 5.74) is 3.48. The van der Waals surface area contributed by atoms with Gasteiger partial charge in [0, 0.05) is 0 Å². The Bertz CT molecular complexity index is 658. The number of aryl methyl sites for hydroxylation is 1. The Morgan fingerprint density at radius 2 is 1.95 bits per heavy atom. The summed E-state index contributed by atoms with van der Waals surface area (Å²) < 4.78 is 0. The zero-order valence-electron chi connectivity index (χ0n) is 10.3. The SMILES string of the molecule is Cc1ccc(/C(C#N)=C2C=C/C(=N/O)C(Cl)=C\2)cc1. The normalized spacial score (nSPS) is 19.0. The lowest BCUT2D eigenvalue weighted by Gasteiger charge is -2.08. The molecule has 0 heterocycles. The molecule has 0 atom stereocenters. The van der Waals surface area contributed by atoms with E-state index in [2.05, 4.69) is 11.2 Å². The van der Waals surface area contributed by atoms with Crippen molar-refractivity contribution in [2.45, 2.75) is 6.92 Å². The van der Waals surface area contributed by atoms with E-state index in [0.717, 1.165) is 11.1 Å². The van der Waals surface area contributed by atoms with Gasteiger partial charge in [0.1, 0.15) is 11.8 Å². The van der Waals surface area contributed by atoms with Crippen LogP contribution in [0.1, 0.15) is 11.1 Å². The van der Waals surface area contributed by atoms with Crippen LogP contribution < -0.4 is 0 Å². The summed E-state index contributed by atoms with van der Waals surface area (Å²) in [6, 6.07) is 9.87. The van der Waals surface area contributed by atoms with E-state index in [9.17, 15) is 5.26 Å². The first kappa shape index (κ1) is 13.1. The van der Waals surface area contributed by atoms with E-state index in [0.29, 0.717) is 16.2 Å². The van der Waals surface area contributed by atoms with Gasteiger partial charge in [-0.25, -0.2) is 0 Å². The second-order valence-corrected chi connectivity index (χ2v) is 4.53. The molecule has 0 radical (unpaired) electrons. The van der Waals surface area contributed by atoms with Gasteiger partial charge in [-0.15, -0.1) is 0 Å². The maximum atomic E-state index is 9.32. The zero-order chi connectivity index (χ0) is 13.8. The van der Waals surface area contributed by atoms with Crippen molar-refractivity contribution in [2.75, 3.05) is 0 Å². The van der Waals surface area contributed by atoms with E-state index in [-0.39, 0.29) is 5.71 Å². The van der Waals surface area contributed by atoms with Crippen molar-refractivity contribution in [1.82, 2.24) is 0 Å². The highest BCUT2D eigenvalue weighted by atomic mass is 35.5.